The van der Waals surface area contributed by atoms with Gasteiger partial charge in [0.05, 0.1) is 0 Å². The second-order valence-corrected chi connectivity index (χ2v) is 5.07. The molecule has 1 N–H and O–H groups in total. The Morgan fingerprint density at radius 3 is 2.53 bits per heavy atom. The number of rotatable bonds is 3. The third-order valence-corrected chi connectivity index (χ3v) is 2.42. The molecule has 15 heavy (non-hydrogen) atoms. The van der Waals surface area contributed by atoms with Crippen LogP contribution in [0.25, 0.3) is 0 Å². The molecule has 1 aromatic rings. The normalized spacial score (nSPS) is 11.8. The average molecular weight is 230 g/mol. The minimum absolute atomic E-state index is 0.104. The lowest BCUT2D eigenvalue weighted by Crippen LogP contribution is -2.37. The van der Waals surface area contributed by atoms with E-state index in [2.05, 4.69) is 26.1 Å². The van der Waals surface area contributed by atoms with Crippen LogP contribution >= 0.6 is 11.6 Å². The van der Waals surface area contributed by atoms with Crippen molar-refractivity contribution in [3.05, 3.63) is 34.6 Å². The van der Waals surface area contributed by atoms with Crippen molar-refractivity contribution in [2.24, 2.45) is 0 Å². The maximum absolute atomic E-state index is 12.8. The van der Waals surface area contributed by atoms with Gasteiger partial charge in [0.1, 0.15) is 5.82 Å². The summed E-state index contributed by atoms with van der Waals surface area (Å²) in [7, 11) is 0. The highest BCUT2D eigenvalue weighted by atomic mass is 35.5. The van der Waals surface area contributed by atoms with Crippen LogP contribution in [0.2, 0.25) is 5.02 Å². The van der Waals surface area contributed by atoms with Crippen LogP contribution in [0.1, 0.15) is 26.3 Å². The van der Waals surface area contributed by atoms with Crippen LogP contribution in [0.15, 0.2) is 18.2 Å². The zero-order valence-corrected chi connectivity index (χ0v) is 10.2. The van der Waals surface area contributed by atoms with E-state index in [0.717, 1.165) is 18.5 Å². The first-order valence-corrected chi connectivity index (χ1v) is 5.45. The molecule has 1 nitrogen and oxygen atoms in total. The van der Waals surface area contributed by atoms with Crippen molar-refractivity contribution in [2.75, 3.05) is 6.54 Å². The molecule has 1 rings (SSSR count). The zero-order valence-electron chi connectivity index (χ0n) is 9.40. The van der Waals surface area contributed by atoms with Gasteiger partial charge in [-0.1, -0.05) is 17.7 Å². The Balaban J connectivity index is 2.51. The molecule has 0 unspecified atom stereocenters. The molecule has 0 aromatic heterocycles. The van der Waals surface area contributed by atoms with Gasteiger partial charge in [-0.2, -0.15) is 0 Å². The van der Waals surface area contributed by atoms with Gasteiger partial charge < -0.3 is 5.32 Å². The fourth-order valence-electron chi connectivity index (χ4n) is 1.30. The van der Waals surface area contributed by atoms with Gasteiger partial charge in [0.25, 0.3) is 0 Å². The molecule has 0 bridgehead atoms. The topological polar surface area (TPSA) is 12.0 Å². The summed E-state index contributed by atoms with van der Waals surface area (Å²) in [4.78, 5) is 0. The lowest BCUT2D eigenvalue weighted by atomic mass is 10.1. The van der Waals surface area contributed by atoms with E-state index in [4.69, 9.17) is 11.6 Å². The fraction of sp³-hybridized carbons (Fsp3) is 0.500. The lowest BCUT2D eigenvalue weighted by Gasteiger charge is -2.20. The molecule has 0 heterocycles. The first kappa shape index (κ1) is 12.5. The number of nitrogens with one attached hydrogen (secondary N) is 1. The van der Waals surface area contributed by atoms with E-state index in [1.807, 2.05) is 0 Å². The molecular weight excluding hydrogens is 213 g/mol. The van der Waals surface area contributed by atoms with E-state index in [1.165, 1.54) is 12.1 Å². The minimum atomic E-state index is -0.285. The van der Waals surface area contributed by atoms with Gasteiger partial charge in [-0.3, -0.25) is 0 Å². The lowest BCUT2D eigenvalue weighted by molar-refractivity contribution is 0.429. The molecule has 0 aliphatic carbocycles. The van der Waals surface area contributed by atoms with Gasteiger partial charge in [-0.05, 0) is 51.4 Å². The summed E-state index contributed by atoms with van der Waals surface area (Å²) in [6.45, 7) is 7.17. The molecule has 0 aliphatic heterocycles. The van der Waals surface area contributed by atoms with E-state index in [-0.39, 0.29) is 11.4 Å². The Hall–Kier alpha value is -0.600. The second-order valence-electron chi connectivity index (χ2n) is 4.66. The van der Waals surface area contributed by atoms with Crippen LogP contribution in [-0.2, 0) is 6.42 Å². The van der Waals surface area contributed by atoms with Gasteiger partial charge in [0.2, 0.25) is 0 Å². The number of benzene rings is 1. The summed E-state index contributed by atoms with van der Waals surface area (Å²) in [5.41, 5.74) is 1.08. The SMILES string of the molecule is CC(C)(C)NCCc1ccc(F)cc1Cl. The quantitative estimate of drug-likeness (QED) is 0.838. The Bertz CT molecular complexity index is 331. The van der Waals surface area contributed by atoms with Gasteiger partial charge in [-0.15, -0.1) is 0 Å². The van der Waals surface area contributed by atoms with Gasteiger partial charge >= 0.3 is 0 Å². The van der Waals surface area contributed by atoms with Crippen molar-refractivity contribution < 1.29 is 4.39 Å². The Morgan fingerprint density at radius 1 is 1.33 bits per heavy atom. The summed E-state index contributed by atoms with van der Waals surface area (Å²) in [6.07, 6.45) is 0.816. The number of hydrogen-bond donors (Lipinski definition) is 1. The van der Waals surface area contributed by atoms with Crippen LogP contribution in [0.4, 0.5) is 4.39 Å². The summed E-state index contributed by atoms with van der Waals surface area (Å²) in [6, 6.07) is 4.54. The highest BCUT2D eigenvalue weighted by Crippen LogP contribution is 2.17. The van der Waals surface area contributed by atoms with Crippen molar-refractivity contribution >= 4 is 11.6 Å². The van der Waals surface area contributed by atoms with E-state index >= 15 is 0 Å². The smallest absolute Gasteiger partial charge is 0.124 e. The second kappa shape index (κ2) is 4.95. The maximum atomic E-state index is 12.8. The van der Waals surface area contributed by atoms with Crippen LogP contribution in [0, 0.1) is 5.82 Å². The number of halogens is 2. The Morgan fingerprint density at radius 2 is 2.00 bits per heavy atom. The van der Waals surface area contributed by atoms with E-state index < -0.39 is 0 Å². The van der Waals surface area contributed by atoms with Crippen molar-refractivity contribution in [1.82, 2.24) is 5.32 Å². The van der Waals surface area contributed by atoms with E-state index in [9.17, 15) is 4.39 Å². The molecule has 84 valence electrons. The predicted molar refractivity (Wildman–Crippen MR) is 62.9 cm³/mol. The zero-order chi connectivity index (χ0) is 11.5. The molecule has 0 atom stereocenters. The van der Waals surface area contributed by atoms with Gasteiger partial charge in [0.15, 0.2) is 0 Å². The molecule has 0 aliphatic rings. The highest BCUT2D eigenvalue weighted by Gasteiger charge is 2.08. The summed E-state index contributed by atoms with van der Waals surface area (Å²) >= 11 is 5.91. The van der Waals surface area contributed by atoms with Crippen molar-refractivity contribution in [2.45, 2.75) is 32.7 Å². The molecule has 0 amide bonds. The minimum Gasteiger partial charge on any atom is -0.312 e. The monoisotopic (exact) mass is 229 g/mol. The highest BCUT2D eigenvalue weighted by molar-refractivity contribution is 6.31. The third kappa shape index (κ3) is 4.63. The molecule has 0 radical (unpaired) electrons. The van der Waals surface area contributed by atoms with Crippen LogP contribution in [0.5, 0.6) is 0 Å². The maximum Gasteiger partial charge on any atom is 0.124 e. The molecule has 1 aromatic carbocycles. The molecule has 0 saturated carbocycles. The molecule has 0 spiro atoms. The number of hydrogen-bond acceptors (Lipinski definition) is 1. The fourth-order valence-corrected chi connectivity index (χ4v) is 1.56. The van der Waals surface area contributed by atoms with Crippen molar-refractivity contribution in [3.8, 4) is 0 Å². The third-order valence-electron chi connectivity index (χ3n) is 2.06. The van der Waals surface area contributed by atoms with Crippen molar-refractivity contribution in [1.29, 1.82) is 0 Å². The van der Waals surface area contributed by atoms with Crippen LogP contribution < -0.4 is 5.32 Å². The largest absolute Gasteiger partial charge is 0.312 e. The van der Waals surface area contributed by atoms with Gasteiger partial charge in [-0.25, -0.2) is 4.39 Å². The van der Waals surface area contributed by atoms with Crippen LogP contribution in [-0.4, -0.2) is 12.1 Å². The molecular formula is C12H17ClFN. The van der Waals surface area contributed by atoms with E-state index in [0.29, 0.717) is 5.02 Å². The van der Waals surface area contributed by atoms with Gasteiger partial charge in [0, 0.05) is 10.6 Å². The van der Waals surface area contributed by atoms with Crippen LogP contribution in [0.3, 0.4) is 0 Å². The summed E-state index contributed by atoms with van der Waals surface area (Å²) < 4.78 is 12.8. The van der Waals surface area contributed by atoms with Crippen molar-refractivity contribution in [3.63, 3.8) is 0 Å². The molecule has 0 saturated heterocycles. The summed E-state index contributed by atoms with van der Waals surface area (Å²) in [5.74, 6) is -0.285. The predicted octanol–water partition coefficient (Wildman–Crippen LogP) is 3.41. The molecule has 3 heteroatoms. The Kier molecular flexibility index (Phi) is 4.12. The van der Waals surface area contributed by atoms with E-state index in [1.54, 1.807) is 6.07 Å². The standard InChI is InChI=1S/C12H17ClFN/c1-12(2,3)15-7-6-9-4-5-10(14)8-11(9)13/h4-5,8,15H,6-7H2,1-3H3. The average Bonchev–Trinajstić information content (AvgIpc) is 2.07. The molecule has 0 fully saturated rings. The summed E-state index contributed by atoms with van der Waals surface area (Å²) in [5, 5.41) is 3.87. The first-order valence-electron chi connectivity index (χ1n) is 5.07. The first-order chi connectivity index (χ1) is 6.88. The Labute approximate surface area is 95.6 Å².